The number of H-pyrrole nitrogens is 1. The van der Waals surface area contributed by atoms with Crippen LogP contribution in [0.5, 0.6) is 0 Å². The normalized spacial score (nSPS) is 11.2. The van der Waals surface area contributed by atoms with Crippen molar-refractivity contribution in [1.82, 2.24) is 9.97 Å². The summed E-state index contributed by atoms with van der Waals surface area (Å²) in [6.45, 7) is 4.07. The number of nitrogen functional groups attached to an aromatic ring is 1. The van der Waals surface area contributed by atoms with Gasteiger partial charge in [-0.05, 0) is 26.0 Å². The molecule has 3 rings (SSSR count). The first kappa shape index (κ1) is 10.4. The van der Waals surface area contributed by atoms with Gasteiger partial charge in [0.15, 0.2) is 0 Å². The van der Waals surface area contributed by atoms with Crippen molar-refractivity contribution in [2.45, 2.75) is 13.8 Å². The van der Waals surface area contributed by atoms with Gasteiger partial charge in [-0.3, -0.25) is 0 Å². The van der Waals surface area contributed by atoms with Crippen molar-refractivity contribution in [3.05, 3.63) is 35.0 Å². The Hall–Kier alpha value is -1.81. The van der Waals surface area contributed by atoms with Crippen molar-refractivity contribution < 1.29 is 0 Å². The van der Waals surface area contributed by atoms with E-state index in [0.717, 1.165) is 26.8 Å². The van der Waals surface area contributed by atoms with Gasteiger partial charge in [0.05, 0.1) is 5.01 Å². The Kier molecular flexibility index (Phi) is 2.19. The third-order valence-electron chi connectivity index (χ3n) is 2.85. The molecule has 0 fully saturated rings. The molecular formula is C13H13N3S. The molecule has 0 spiro atoms. The summed E-state index contributed by atoms with van der Waals surface area (Å²) in [7, 11) is 0. The van der Waals surface area contributed by atoms with Crippen molar-refractivity contribution in [3.8, 4) is 11.3 Å². The maximum atomic E-state index is 6.00. The van der Waals surface area contributed by atoms with Gasteiger partial charge in [0, 0.05) is 22.7 Å². The number of benzene rings is 1. The van der Waals surface area contributed by atoms with Gasteiger partial charge in [-0.1, -0.05) is 11.6 Å². The van der Waals surface area contributed by atoms with Crippen molar-refractivity contribution in [2.75, 3.05) is 5.73 Å². The van der Waals surface area contributed by atoms with Crippen LogP contribution in [0, 0.1) is 13.8 Å². The highest BCUT2D eigenvalue weighted by Gasteiger charge is 2.13. The first-order valence-corrected chi connectivity index (χ1v) is 6.28. The number of thiazole rings is 1. The van der Waals surface area contributed by atoms with Crippen LogP contribution >= 0.6 is 11.3 Å². The zero-order valence-corrected chi connectivity index (χ0v) is 10.6. The quantitative estimate of drug-likeness (QED) is 0.687. The molecule has 3 N–H and O–H groups in total. The monoisotopic (exact) mass is 243 g/mol. The number of aryl methyl sites for hydroxylation is 2. The average molecular weight is 243 g/mol. The molecule has 4 heteroatoms. The van der Waals surface area contributed by atoms with Crippen LogP contribution in [-0.4, -0.2) is 9.97 Å². The number of nitrogens with zero attached hydrogens (tertiary/aromatic N) is 1. The summed E-state index contributed by atoms with van der Waals surface area (Å²) in [6.07, 6.45) is 1.98. The molecule has 0 bridgehead atoms. The van der Waals surface area contributed by atoms with E-state index >= 15 is 0 Å². The molecule has 0 unspecified atom stereocenters. The Morgan fingerprint density at radius 2 is 2.12 bits per heavy atom. The SMILES string of the molecule is Cc1ccc2[nH]cc(-c3nc(C)sc3N)c2c1. The van der Waals surface area contributed by atoms with Gasteiger partial charge in [-0.25, -0.2) is 4.98 Å². The fraction of sp³-hybridized carbons (Fsp3) is 0.154. The van der Waals surface area contributed by atoms with E-state index in [1.54, 1.807) is 0 Å². The molecule has 2 heterocycles. The highest BCUT2D eigenvalue weighted by molar-refractivity contribution is 7.16. The highest BCUT2D eigenvalue weighted by Crippen LogP contribution is 2.35. The topological polar surface area (TPSA) is 54.7 Å². The Bertz CT molecular complexity index is 694. The molecule has 0 aliphatic heterocycles. The van der Waals surface area contributed by atoms with E-state index in [2.05, 4.69) is 35.1 Å². The van der Waals surface area contributed by atoms with E-state index in [1.165, 1.54) is 22.3 Å². The molecular weight excluding hydrogens is 230 g/mol. The Labute approximate surface area is 103 Å². The van der Waals surface area contributed by atoms with Gasteiger partial charge in [0.1, 0.15) is 10.7 Å². The van der Waals surface area contributed by atoms with Crippen LogP contribution in [0.15, 0.2) is 24.4 Å². The van der Waals surface area contributed by atoms with Crippen LogP contribution in [0.1, 0.15) is 10.6 Å². The van der Waals surface area contributed by atoms with Crippen molar-refractivity contribution >= 4 is 27.2 Å². The van der Waals surface area contributed by atoms with Crippen LogP contribution in [0.25, 0.3) is 22.2 Å². The minimum atomic E-state index is 0.782. The average Bonchev–Trinajstić information content (AvgIpc) is 2.81. The summed E-state index contributed by atoms with van der Waals surface area (Å²) in [5.74, 6) is 0. The Balaban J connectivity index is 2.30. The van der Waals surface area contributed by atoms with Gasteiger partial charge in [0.2, 0.25) is 0 Å². The van der Waals surface area contributed by atoms with E-state index in [9.17, 15) is 0 Å². The summed E-state index contributed by atoms with van der Waals surface area (Å²) >= 11 is 1.53. The number of hydrogen-bond donors (Lipinski definition) is 2. The fourth-order valence-corrected chi connectivity index (χ4v) is 2.77. The second-order valence-electron chi connectivity index (χ2n) is 4.20. The molecule has 0 saturated heterocycles. The van der Waals surface area contributed by atoms with Crippen LogP contribution in [0.2, 0.25) is 0 Å². The van der Waals surface area contributed by atoms with Crippen molar-refractivity contribution in [2.24, 2.45) is 0 Å². The third kappa shape index (κ3) is 1.61. The number of aromatic amines is 1. The molecule has 2 aromatic heterocycles. The fourth-order valence-electron chi connectivity index (χ4n) is 2.07. The molecule has 0 saturated carbocycles. The summed E-state index contributed by atoms with van der Waals surface area (Å²) in [5, 5.41) is 2.96. The number of fused-ring (bicyclic) bond motifs is 1. The summed E-state index contributed by atoms with van der Waals surface area (Å²) in [6, 6.07) is 6.34. The molecule has 0 amide bonds. The predicted molar refractivity (Wildman–Crippen MR) is 73.3 cm³/mol. The molecule has 3 nitrogen and oxygen atoms in total. The largest absolute Gasteiger partial charge is 0.389 e. The first-order valence-electron chi connectivity index (χ1n) is 5.46. The number of nitrogens with two attached hydrogens (primary N) is 1. The minimum absolute atomic E-state index is 0.782. The van der Waals surface area contributed by atoms with E-state index in [1.807, 2.05) is 13.1 Å². The smallest absolute Gasteiger partial charge is 0.114 e. The molecule has 3 aromatic rings. The van der Waals surface area contributed by atoms with Crippen LogP contribution in [-0.2, 0) is 0 Å². The van der Waals surface area contributed by atoms with Gasteiger partial charge in [0.25, 0.3) is 0 Å². The van der Waals surface area contributed by atoms with E-state index < -0.39 is 0 Å². The number of hydrogen-bond acceptors (Lipinski definition) is 3. The Morgan fingerprint density at radius 1 is 1.29 bits per heavy atom. The first-order chi connectivity index (χ1) is 8.15. The standard InChI is InChI=1S/C13H13N3S/c1-7-3-4-11-9(5-7)10(6-15-11)12-13(14)17-8(2)16-12/h3-6,15H,14H2,1-2H3. The summed E-state index contributed by atoms with van der Waals surface area (Å²) < 4.78 is 0. The summed E-state index contributed by atoms with van der Waals surface area (Å²) in [4.78, 5) is 7.77. The third-order valence-corrected chi connectivity index (χ3v) is 3.65. The second-order valence-corrected chi connectivity index (χ2v) is 5.43. The van der Waals surface area contributed by atoms with Gasteiger partial charge < -0.3 is 10.7 Å². The van der Waals surface area contributed by atoms with E-state index in [-0.39, 0.29) is 0 Å². The number of nitrogens with one attached hydrogen (secondary N) is 1. The van der Waals surface area contributed by atoms with Gasteiger partial charge in [-0.2, -0.15) is 0 Å². The lowest BCUT2D eigenvalue weighted by atomic mass is 10.1. The van der Waals surface area contributed by atoms with Gasteiger partial charge in [-0.15, -0.1) is 11.3 Å². The molecule has 86 valence electrons. The zero-order chi connectivity index (χ0) is 12.0. The predicted octanol–water partition coefficient (Wildman–Crippen LogP) is 3.49. The molecule has 17 heavy (non-hydrogen) atoms. The van der Waals surface area contributed by atoms with E-state index in [4.69, 9.17) is 5.73 Å². The number of anilines is 1. The number of rotatable bonds is 1. The van der Waals surface area contributed by atoms with Crippen LogP contribution in [0.4, 0.5) is 5.00 Å². The van der Waals surface area contributed by atoms with Crippen molar-refractivity contribution in [3.63, 3.8) is 0 Å². The molecule has 0 aliphatic rings. The van der Waals surface area contributed by atoms with E-state index in [0.29, 0.717) is 0 Å². The highest BCUT2D eigenvalue weighted by atomic mass is 32.1. The number of aromatic nitrogens is 2. The van der Waals surface area contributed by atoms with Crippen LogP contribution < -0.4 is 5.73 Å². The van der Waals surface area contributed by atoms with Gasteiger partial charge >= 0.3 is 0 Å². The zero-order valence-electron chi connectivity index (χ0n) is 9.74. The Morgan fingerprint density at radius 3 is 2.82 bits per heavy atom. The molecule has 1 aromatic carbocycles. The molecule has 0 aliphatic carbocycles. The maximum Gasteiger partial charge on any atom is 0.114 e. The van der Waals surface area contributed by atoms with Crippen molar-refractivity contribution in [1.29, 1.82) is 0 Å². The lowest BCUT2D eigenvalue weighted by Crippen LogP contribution is -1.84. The summed E-state index contributed by atoms with van der Waals surface area (Å²) in [5.41, 5.74) is 10.3. The lowest BCUT2D eigenvalue weighted by Gasteiger charge is -1.98. The molecule has 0 atom stereocenters. The lowest BCUT2D eigenvalue weighted by molar-refractivity contribution is 1.30. The molecule has 0 radical (unpaired) electrons. The second kappa shape index (κ2) is 3.60. The minimum Gasteiger partial charge on any atom is -0.389 e. The van der Waals surface area contributed by atoms with Crippen LogP contribution in [0.3, 0.4) is 0 Å². The maximum absolute atomic E-state index is 6.00.